The Bertz CT molecular complexity index is 758. The summed E-state index contributed by atoms with van der Waals surface area (Å²) in [4.78, 5) is 10.6. The van der Waals surface area contributed by atoms with Gasteiger partial charge in [0.05, 0.1) is 18.7 Å². The van der Waals surface area contributed by atoms with Gasteiger partial charge < -0.3 is 14.6 Å². The van der Waals surface area contributed by atoms with Crippen molar-refractivity contribution in [1.82, 2.24) is 0 Å². The molecule has 1 N–H and O–H groups in total. The van der Waals surface area contributed by atoms with Gasteiger partial charge in [-0.05, 0) is 48.0 Å². The van der Waals surface area contributed by atoms with E-state index in [1.165, 1.54) is 6.08 Å². The lowest BCUT2D eigenvalue weighted by Crippen LogP contribution is -1.99. The number of nitriles is 1. The van der Waals surface area contributed by atoms with Crippen molar-refractivity contribution >= 4 is 12.0 Å². The third kappa shape index (κ3) is 4.61. The van der Waals surface area contributed by atoms with Gasteiger partial charge in [-0.1, -0.05) is 6.07 Å². The monoisotopic (exact) mass is 309 g/mol. The molecule has 0 spiro atoms. The van der Waals surface area contributed by atoms with Gasteiger partial charge in [0.15, 0.2) is 0 Å². The van der Waals surface area contributed by atoms with Gasteiger partial charge in [-0.25, -0.2) is 4.79 Å². The largest absolute Gasteiger partial charge is 0.496 e. The molecular weight excluding hydrogens is 294 g/mol. The molecule has 0 aliphatic carbocycles. The van der Waals surface area contributed by atoms with Crippen molar-refractivity contribution in [3.63, 3.8) is 0 Å². The van der Waals surface area contributed by atoms with Crippen molar-refractivity contribution < 1.29 is 19.4 Å². The molecule has 0 fully saturated rings. The summed E-state index contributed by atoms with van der Waals surface area (Å²) in [7, 11) is 1.56. The van der Waals surface area contributed by atoms with E-state index in [9.17, 15) is 4.79 Å². The number of aliphatic carboxylic acids is 1. The predicted molar refractivity (Wildman–Crippen MR) is 85.2 cm³/mol. The summed E-state index contributed by atoms with van der Waals surface area (Å²) in [6, 6.07) is 14.2. The van der Waals surface area contributed by atoms with E-state index in [1.807, 2.05) is 12.1 Å². The Morgan fingerprint density at radius 1 is 1.26 bits per heavy atom. The third-order valence-corrected chi connectivity index (χ3v) is 3.10. The highest BCUT2D eigenvalue weighted by Gasteiger charge is 2.05. The molecule has 23 heavy (non-hydrogen) atoms. The molecule has 2 aromatic carbocycles. The van der Waals surface area contributed by atoms with Crippen LogP contribution in [0.15, 0.2) is 48.5 Å². The highest BCUT2D eigenvalue weighted by atomic mass is 16.5. The van der Waals surface area contributed by atoms with Crippen molar-refractivity contribution in [2.45, 2.75) is 6.61 Å². The van der Waals surface area contributed by atoms with Crippen molar-refractivity contribution in [1.29, 1.82) is 5.26 Å². The first-order valence-corrected chi connectivity index (χ1v) is 6.83. The number of hydrogen-bond acceptors (Lipinski definition) is 4. The topological polar surface area (TPSA) is 79.6 Å². The van der Waals surface area contributed by atoms with E-state index in [2.05, 4.69) is 0 Å². The molecule has 5 heteroatoms. The Labute approximate surface area is 134 Å². The van der Waals surface area contributed by atoms with Crippen LogP contribution >= 0.6 is 0 Å². The molecule has 0 unspecified atom stereocenters. The van der Waals surface area contributed by atoms with E-state index in [-0.39, 0.29) is 6.61 Å². The number of hydrogen-bond donors (Lipinski definition) is 1. The Kier molecular flexibility index (Phi) is 5.37. The lowest BCUT2D eigenvalue weighted by atomic mass is 10.1. The zero-order chi connectivity index (χ0) is 16.7. The predicted octanol–water partition coefficient (Wildman–Crippen LogP) is 3.24. The highest BCUT2D eigenvalue weighted by Crippen LogP contribution is 2.23. The van der Waals surface area contributed by atoms with Gasteiger partial charge in [0.2, 0.25) is 0 Å². The zero-order valence-electron chi connectivity index (χ0n) is 12.5. The Balaban J connectivity index is 2.14. The van der Waals surface area contributed by atoms with Crippen molar-refractivity contribution in [2.24, 2.45) is 0 Å². The maximum absolute atomic E-state index is 10.6. The Morgan fingerprint density at radius 3 is 2.61 bits per heavy atom. The molecule has 2 aromatic rings. The van der Waals surface area contributed by atoms with Gasteiger partial charge >= 0.3 is 5.97 Å². The first-order valence-electron chi connectivity index (χ1n) is 6.83. The van der Waals surface area contributed by atoms with Crippen LogP contribution in [0.4, 0.5) is 0 Å². The fourth-order valence-electron chi connectivity index (χ4n) is 1.97. The number of carbonyl (C=O) groups is 1. The summed E-state index contributed by atoms with van der Waals surface area (Å²) >= 11 is 0. The van der Waals surface area contributed by atoms with Crippen LogP contribution in [-0.4, -0.2) is 18.2 Å². The van der Waals surface area contributed by atoms with Gasteiger partial charge in [0, 0.05) is 11.6 Å². The first kappa shape index (κ1) is 16.1. The number of ether oxygens (including phenoxy) is 2. The maximum atomic E-state index is 10.6. The maximum Gasteiger partial charge on any atom is 0.328 e. The highest BCUT2D eigenvalue weighted by molar-refractivity contribution is 5.85. The van der Waals surface area contributed by atoms with Crippen LogP contribution in [0.2, 0.25) is 0 Å². The van der Waals surface area contributed by atoms with E-state index in [0.717, 1.165) is 17.2 Å². The minimum absolute atomic E-state index is 0.268. The second-order valence-corrected chi connectivity index (χ2v) is 4.67. The van der Waals surface area contributed by atoms with E-state index < -0.39 is 5.97 Å². The molecule has 5 nitrogen and oxygen atoms in total. The molecule has 0 saturated heterocycles. The number of benzene rings is 2. The molecule has 116 valence electrons. The summed E-state index contributed by atoms with van der Waals surface area (Å²) in [5.41, 5.74) is 2.10. The molecule has 0 aliphatic rings. The van der Waals surface area contributed by atoms with E-state index in [4.69, 9.17) is 19.8 Å². The van der Waals surface area contributed by atoms with E-state index >= 15 is 0 Å². The second-order valence-electron chi connectivity index (χ2n) is 4.67. The lowest BCUT2D eigenvalue weighted by Gasteiger charge is -2.11. The molecule has 0 radical (unpaired) electrons. The van der Waals surface area contributed by atoms with Crippen LogP contribution in [0.5, 0.6) is 11.5 Å². The second kappa shape index (κ2) is 7.66. The summed E-state index contributed by atoms with van der Waals surface area (Å²) in [5.74, 6) is 0.292. The quantitative estimate of drug-likeness (QED) is 0.829. The smallest absolute Gasteiger partial charge is 0.328 e. The fourth-order valence-corrected chi connectivity index (χ4v) is 1.97. The van der Waals surface area contributed by atoms with Crippen molar-refractivity contribution in [2.75, 3.05) is 7.11 Å². The van der Waals surface area contributed by atoms with Crippen molar-refractivity contribution in [3.05, 3.63) is 65.2 Å². The molecule has 2 rings (SSSR count). The van der Waals surface area contributed by atoms with Crippen LogP contribution in [0.3, 0.4) is 0 Å². The standard InChI is InChI=1S/C18H15NO4/c1-22-17-8-4-13(5-9-18(20)21)10-15(17)12-23-16-6-2-14(11-19)3-7-16/h2-10H,12H2,1H3,(H,20,21)/b9-5-. The van der Waals surface area contributed by atoms with Crippen LogP contribution in [0, 0.1) is 11.3 Å². The van der Waals surface area contributed by atoms with Crippen molar-refractivity contribution in [3.8, 4) is 17.6 Å². The van der Waals surface area contributed by atoms with E-state index in [1.54, 1.807) is 43.5 Å². The fraction of sp³-hybridized carbons (Fsp3) is 0.111. The third-order valence-electron chi connectivity index (χ3n) is 3.10. The first-order chi connectivity index (χ1) is 11.1. The van der Waals surface area contributed by atoms with Gasteiger partial charge in [0.1, 0.15) is 18.1 Å². The minimum Gasteiger partial charge on any atom is -0.496 e. The Hall–Kier alpha value is -3.26. The number of carboxylic acid groups (broad SMARTS) is 1. The number of methoxy groups -OCH3 is 1. The van der Waals surface area contributed by atoms with Crippen LogP contribution in [0.1, 0.15) is 16.7 Å². The molecular formula is C18H15NO4. The van der Waals surface area contributed by atoms with Gasteiger partial charge in [-0.2, -0.15) is 5.26 Å². The number of carboxylic acids is 1. The SMILES string of the molecule is COc1ccc(/C=C\C(=O)O)cc1COc1ccc(C#N)cc1. The molecule has 0 amide bonds. The number of nitrogens with zero attached hydrogens (tertiary/aromatic N) is 1. The van der Waals surface area contributed by atoms with Crippen LogP contribution in [0.25, 0.3) is 6.08 Å². The van der Waals surface area contributed by atoms with Gasteiger partial charge in [-0.3, -0.25) is 0 Å². The summed E-state index contributed by atoms with van der Waals surface area (Å²) in [6.07, 6.45) is 2.58. The summed E-state index contributed by atoms with van der Waals surface area (Å²) < 4.78 is 11.0. The number of rotatable bonds is 6. The molecule has 0 bridgehead atoms. The van der Waals surface area contributed by atoms with Gasteiger partial charge in [-0.15, -0.1) is 0 Å². The lowest BCUT2D eigenvalue weighted by molar-refractivity contribution is -0.131. The molecule has 0 aliphatic heterocycles. The van der Waals surface area contributed by atoms with E-state index in [0.29, 0.717) is 17.1 Å². The Morgan fingerprint density at radius 2 is 2.00 bits per heavy atom. The minimum atomic E-state index is -1.00. The van der Waals surface area contributed by atoms with Crippen LogP contribution in [-0.2, 0) is 11.4 Å². The zero-order valence-corrected chi connectivity index (χ0v) is 12.5. The average molecular weight is 309 g/mol. The average Bonchev–Trinajstić information content (AvgIpc) is 2.58. The summed E-state index contributed by atoms with van der Waals surface area (Å²) in [6.45, 7) is 0.268. The van der Waals surface area contributed by atoms with Crippen LogP contribution < -0.4 is 9.47 Å². The van der Waals surface area contributed by atoms with Gasteiger partial charge in [0.25, 0.3) is 0 Å². The molecule has 0 atom stereocenters. The molecule has 0 heterocycles. The summed E-state index contributed by atoms with van der Waals surface area (Å²) in [5, 5.41) is 17.4. The molecule has 0 aromatic heterocycles. The normalized spacial score (nSPS) is 10.3. The molecule has 0 saturated carbocycles.